The van der Waals surface area contributed by atoms with E-state index >= 15 is 0 Å². The lowest BCUT2D eigenvalue weighted by Gasteiger charge is -2.40. The lowest BCUT2D eigenvalue weighted by atomic mass is 9.92. The molecule has 1 aliphatic rings. The fraction of sp³-hybridized carbons (Fsp3) is 0.923. The number of amides is 1. The van der Waals surface area contributed by atoms with E-state index in [1.165, 1.54) is 0 Å². The van der Waals surface area contributed by atoms with Crippen LogP contribution in [0.15, 0.2) is 0 Å². The van der Waals surface area contributed by atoms with Gasteiger partial charge in [-0.15, -0.1) is 0 Å². The number of hydrogen-bond acceptors (Lipinski definition) is 3. The molecule has 3 nitrogen and oxygen atoms in total. The van der Waals surface area contributed by atoms with Crippen LogP contribution in [-0.2, 0) is 4.79 Å². The smallest absolute Gasteiger partial charge is 0.226 e. The van der Waals surface area contributed by atoms with Crippen LogP contribution in [0.1, 0.15) is 20.3 Å². The van der Waals surface area contributed by atoms with Gasteiger partial charge in [0.05, 0.1) is 0 Å². The summed E-state index contributed by atoms with van der Waals surface area (Å²) in [5.41, 5.74) is 0. The molecule has 0 aromatic carbocycles. The summed E-state index contributed by atoms with van der Waals surface area (Å²) in [5.74, 6) is 1.94. The first-order chi connectivity index (χ1) is 7.97. The van der Waals surface area contributed by atoms with Gasteiger partial charge >= 0.3 is 0 Å². The van der Waals surface area contributed by atoms with E-state index in [9.17, 15) is 4.79 Å². The number of thioether (sulfide) groups is 1. The van der Waals surface area contributed by atoms with E-state index in [1.807, 2.05) is 18.9 Å². The molecule has 1 amide bonds. The molecule has 4 heteroatoms. The number of nitrogens with zero attached hydrogens (tertiary/aromatic N) is 2. The topological polar surface area (TPSA) is 23.6 Å². The highest BCUT2D eigenvalue weighted by Crippen LogP contribution is 2.22. The molecule has 0 aromatic heterocycles. The van der Waals surface area contributed by atoms with Crippen molar-refractivity contribution < 1.29 is 4.79 Å². The van der Waals surface area contributed by atoms with Crippen molar-refractivity contribution >= 4 is 17.7 Å². The Labute approximate surface area is 110 Å². The van der Waals surface area contributed by atoms with Crippen molar-refractivity contribution in [1.82, 2.24) is 9.80 Å². The quantitative estimate of drug-likeness (QED) is 0.768. The largest absolute Gasteiger partial charge is 0.342 e. The fourth-order valence-electron chi connectivity index (χ4n) is 2.75. The van der Waals surface area contributed by atoms with E-state index < -0.39 is 0 Å². The summed E-state index contributed by atoms with van der Waals surface area (Å²) in [6.45, 7) is 6.49. The van der Waals surface area contributed by atoms with Crippen molar-refractivity contribution in [2.75, 3.05) is 39.2 Å². The zero-order valence-electron chi connectivity index (χ0n) is 11.8. The van der Waals surface area contributed by atoms with Gasteiger partial charge in [-0.1, -0.05) is 13.8 Å². The molecule has 0 bridgehead atoms. The van der Waals surface area contributed by atoms with Gasteiger partial charge in [0, 0.05) is 31.3 Å². The highest BCUT2D eigenvalue weighted by atomic mass is 32.2. The van der Waals surface area contributed by atoms with Crippen LogP contribution >= 0.6 is 11.8 Å². The van der Waals surface area contributed by atoms with Gasteiger partial charge in [0.25, 0.3) is 0 Å². The van der Waals surface area contributed by atoms with E-state index in [0.717, 1.165) is 25.3 Å². The molecule has 0 N–H and O–H groups in total. The normalized spacial score (nSPS) is 27.8. The minimum Gasteiger partial charge on any atom is -0.342 e. The maximum atomic E-state index is 12.3. The van der Waals surface area contributed by atoms with Gasteiger partial charge in [0.15, 0.2) is 0 Å². The Morgan fingerprint density at radius 2 is 2.24 bits per heavy atom. The summed E-state index contributed by atoms with van der Waals surface area (Å²) in [5, 5.41) is 0. The molecule has 1 rings (SSSR count). The van der Waals surface area contributed by atoms with Crippen LogP contribution in [0, 0.1) is 11.8 Å². The second-order valence-corrected chi connectivity index (χ2v) is 6.31. The summed E-state index contributed by atoms with van der Waals surface area (Å²) in [6, 6.07) is 0.419. The molecule has 0 saturated carbocycles. The number of piperidine rings is 1. The Hall–Kier alpha value is -0.220. The highest BCUT2D eigenvalue weighted by Gasteiger charge is 2.31. The molecule has 0 unspecified atom stereocenters. The Morgan fingerprint density at radius 1 is 1.59 bits per heavy atom. The molecular weight excluding hydrogens is 232 g/mol. The summed E-state index contributed by atoms with van der Waals surface area (Å²) < 4.78 is 0. The van der Waals surface area contributed by atoms with Crippen LogP contribution in [0.3, 0.4) is 0 Å². The summed E-state index contributed by atoms with van der Waals surface area (Å²) in [6.07, 6.45) is 3.16. The predicted octanol–water partition coefficient (Wildman–Crippen LogP) is 1.78. The van der Waals surface area contributed by atoms with Crippen molar-refractivity contribution in [2.45, 2.75) is 26.3 Å². The zero-order chi connectivity index (χ0) is 13.0. The highest BCUT2D eigenvalue weighted by molar-refractivity contribution is 7.98. The van der Waals surface area contributed by atoms with Crippen LogP contribution in [0.4, 0.5) is 0 Å². The van der Waals surface area contributed by atoms with Crippen LogP contribution < -0.4 is 0 Å². The van der Waals surface area contributed by atoms with Gasteiger partial charge < -0.3 is 9.80 Å². The molecule has 0 aliphatic carbocycles. The Balaban J connectivity index is 2.56. The van der Waals surface area contributed by atoms with E-state index in [2.05, 4.69) is 25.1 Å². The number of likely N-dealkylation sites (tertiary alicyclic amines) is 1. The third-order valence-electron chi connectivity index (χ3n) is 3.75. The molecule has 3 atom stereocenters. The first-order valence-electron chi connectivity index (χ1n) is 6.41. The molecule has 0 aromatic rings. The number of rotatable bonds is 4. The third-order valence-corrected chi connectivity index (χ3v) is 4.58. The van der Waals surface area contributed by atoms with E-state index in [-0.39, 0.29) is 5.92 Å². The summed E-state index contributed by atoms with van der Waals surface area (Å²) >= 11 is 1.75. The number of hydrogen-bond donors (Lipinski definition) is 0. The summed E-state index contributed by atoms with van der Waals surface area (Å²) in [7, 11) is 4.14. The minimum absolute atomic E-state index is 0.141. The maximum Gasteiger partial charge on any atom is 0.226 e. The van der Waals surface area contributed by atoms with Gasteiger partial charge in [-0.05, 0) is 32.2 Å². The SMILES string of the molecule is CSC[C@H](C)C(=O)N(C)[C@H]1CCN(C)C[C@H]1C. The van der Waals surface area contributed by atoms with Gasteiger partial charge in [0.2, 0.25) is 5.91 Å². The van der Waals surface area contributed by atoms with E-state index in [0.29, 0.717) is 17.9 Å². The molecule has 1 saturated heterocycles. The van der Waals surface area contributed by atoms with Crippen molar-refractivity contribution in [3.8, 4) is 0 Å². The predicted molar refractivity (Wildman–Crippen MR) is 75.4 cm³/mol. The Morgan fingerprint density at radius 3 is 2.76 bits per heavy atom. The van der Waals surface area contributed by atoms with Crippen molar-refractivity contribution in [2.24, 2.45) is 11.8 Å². The van der Waals surface area contributed by atoms with Crippen LogP contribution in [0.25, 0.3) is 0 Å². The molecule has 0 spiro atoms. The van der Waals surface area contributed by atoms with Gasteiger partial charge in [-0.2, -0.15) is 11.8 Å². The van der Waals surface area contributed by atoms with Gasteiger partial charge in [0.1, 0.15) is 0 Å². The zero-order valence-corrected chi connectivity index (χ0v) is 12.6. The maximum absolute atomic E-state index is 12.3. The lowest BCUT2D eigenvalue weighted by molar-refractivity contribution is -0.137. The first kappa shape index (κ1) is 14.8. The average molecular weight is 258 g/mol. The first-order valence-corrected chi connectivity index (χ1v) is 7.81. The molecular formula is C13H26N2OS. The monoisotopic (exact) mass is 258 g/mol. The van der Waals surface area contributed by atoms with Crippen LogP contribution in [0.5, 0.6) is 0 Å². The molecule has 17 heavy (non-hydrogen) atoms. The second kappa shape index (κ2) is 6.64. The molecule has 1 fully saturated rings. The van der Waals surface area contributed by atoms with Crippen molar-refractivity contribution in [3.63, 3.8) is 0 Å². The standard InChI is InChI=1S/C13H26N2OS/c1-10-8-14(3)7-6-12(10)15(4)13(16)11(2)9-17-5/h10-12H,6-9H2,1-5H3/t10-,11+,12+/m1/s1. The van der Waals surface area contributed by atoms with E-state index in [1.54, 1.807) is 11.8 Å². The van der Waals surface area contributed by atoms with Crippen molar-refractivity contribution in [3.05, 3.63) is 0 Å². The van der Waals surface area contributed by atoms with E-state index in [4.69, 9.17) is 0 Å². The number of carbonyl (C=O) groups excluding carboxylic acids is 1. The summed E-state index contributed by atoms with van der Waals surface area (Å²) in [4.78, 5) is 16.6. The molecule has 0 radical (unpaired) electrons. The fourth-order valence-corrected chi connectivity index (χ4v) is 3.39. The third kappa shape index (κ3) is 3.88. The van der Waals surface area contributed by atoms with Crippen LogP contribution in [0.2, 0.25) is 0 Å². The molecule has 1 aliphatic heterocycles. The van der Waals surface area contributed by atoms with Gasteiger partial charge in [-0.25, -0.2) is 0 Å². The van der Waals surface area contributed by atoms with Gasteiger partial charge in [-0.3, -0.25) is 4.79 Å². The molecule has 1 heterocycles. The van der Waals surface area contributed by atoms with Crippen molar-refractivity contribution in [1.29, 1.82) is 0 Å². The lowest BCUT2D eigenvalue weighted by Crippen LogP contribution is -2.51. The minimum atomic E-state index is 0.141. The molecule has 100 valence electrons. The average Bonchev–Trinajstić information content (AvgIpc) is 2.27. The Kier molecular flexibility index (Phi) is 5.80. The Bertz CT molecular complexity index is 260. The van der Waals surface area contributed by atoms with Crippen LogP contribution in [-0.4, -0.2) is 60.9 Å². The number of carbonyl (C=O) groups is 1. The second-order valence-electron chi connectivity index (χ2n) is 5.40.